The van der Waals surface area contributed by atoms with Gasteiger partial charge in [0.2, 0.25) is 0 Å². The van der Waals surface area contributed by atoms with Crippen molar-refractivity contribution in [2.45, 2.75) is 18.9 Å². The Bertz CT molecular complexity index is 98.6. The Morgan fingerprint density at radius 3 is 2.73 bits per heavy atom. The summed E-state index contributed by atoms with van der Waals surface area (Å²) >= 11 is 0. The molecule has 2 saturated heterocycles. The average Bonchev–Trinajstić information content (AvgIpc) is 2.33. The predicted octanol–water partition coefficient (Wildman–Crippen LogP) is 1.21. The van der Waals surface area contributed by atoms with Crippen LogP contribution >= 0.6 is 34.0 Å². The van der Waals surface area contributed by atoms with E-state index in [4.69, 9.17) is 0 Å². The third-order valence-electron chi connectivity index (χ3n) is 2.45. The number of hydrogen-bond donors (Lipinski definition) is 1. The summed E-state index contributed by atoms with van der Waals surface area (Å²) in [5, 5.41) is 3.41. The van der Waals surface area contributed by atoms with Gasteiger partial charge >= 0.3 is 0 Å². The molecule has 0 aromatic heterocycles. The van der Waals surface area contributed by atoms with E-state index in [1.807, 2.05) is 0 Å². The summed E-state index contributed by atoms with van der Waals surface area (Å²) in [6, 6.07) is 0.888. The van der Waals surface area contributed by atoms with Crippen molar-refractivity contribution in [3.8, 4) is 0 Å². The van der Waals surface area contributed by atoms with Crippen LogP contribution in [0.1, 0.15) is 12.8 Å². The number of rotatable bonds is 0. The minimum absolute atomic E-state index is 0. The highest BCUT2D eigenvalue weighted by molar-refractivity contribution is 8.93. The molecule has 0 saturated carbocycles. The van der Waals surface area contributed by atoms with Crippen molar-refractivity contribution in [1.29, 1.82) is 0 Å². The lowest BCUT2D eigenvalue weighted by molar-refractivity contribution is 0.212. The molecule has 0 amide bonds. The van der Waals surface area contributed by atoms with E-state index in [2.05, 4.69) is 10.2 Å². The molecule has 2 rings (SSSR count). The highest BCUT2D eigenvalue weighted by atomic mass is 79.9. The van der Waals surface area contributed by atoms with Crippen molar-refractivity contribution in [2.24, 2.45) is 0 Å². The average molecular weight is 288 g/mol. The van der Waals surface area contributed by atoms with Gasteiger partial charge in [-0.15, -0.1) is 34.0 Å². The van der Waals surface area contributed by atoms with E-state index in [0.717, 1.165) is 6.04 Å². The SMILES string of the molecule is Br.Br.C1C[C@@H]2CNCCN2C1. The molecule has 2 heterocycles. The monoisotopic (exact) mass is 286 g/mol. The van der Waals surface area contributed by atoms with E-state index >= 15 is 0 Å². The standard InChI is InChI=1S/C7H14N2.2BrH/c1-2-7-6-8-3-5-9(7)4-1;;/h7-8H,1-6H2;2*1H/t7-;;/m1../s1. The van der Waals surface area contributed by atoms with E-state index in [0.29, 0.717) is 0 Å². The Morgan fingerprint density at radius 1 is 1.18 bits per heavy atom. The van der Waals surface area contributed by atoms with Crippen LogP contribution in [-0.4, -0.2) is 37.1 Å². The highest BCUT2D eigenvalue weighted by Crippen LogP contribution is 2.17. The van der Waals surface area contributed by atoms with Crippen molar-refractivity contribution >= 4 is 34.0 Å². The molecule has 68 valence electrons. The summed E-state index contributed by atoms with van der Waals surface area (Å²) in [6.07, 6.45) is 2.85. The van der Waals surface area contributed by atoms with Crippen molar-refractivity contribution < 1.29 is 0 Å². The van der Waals surface area contributed by atoms with Crippen LogP contribution in [0.25, 0.3) is 0 Å². The van der Waals surface area contributed by atoms with Crippen molar-refractivity contribution in [1.82, 2.24) is 10.2 Å². The second kappa shape index (κ2) is 5.51. The molecule has 11 heavy (non-hydrogen) atoms. The molecule has 0 radical (unpaired) electrons. The molecule has 2 aliphatic rings. The van der Waals surface area contributed by atoms with E-state index in [1.165, 1.54) is 39.0 Å². The van der Waals surface area contributed by atoms with Gasteiger partial charge in [-0.2, -0.15) is 0 Å². The van der Waals surface area contributed by atoms with Gasteiger partial charge in [0.15, 0.2) is 0 Å². The van der Waals surface area contributed by atoms with Gasteiger partial charge in [0, 0.05) is 25.7 Å². The quantitative estimate of drug-likeness (QED) is 0.721. The molecule has 0 unspecified atom stereocenters. The van der Waals surface area contributed by atoms with Crippen molar-refractivity contribution in [2.75, 3.05) is 26.2 Å². The third-order valence-corrected chi connectivity index (χ3v) is 2.45. The maximum Gasteiger partial charge on any atom is 0.0221 e. The van der Waals surface area contributed by atoms with Gasteiger partial charge in [-0.05, 0) is 19.4 Å². The molecule has 0 spiro atoms. The summed E-state index contributed by atoms with van der Waals surface area (Å²) in [7, 11) is 0. The van der Waals surface area contributed by atoms with Gasteiger partial charge in [-0.25, -0.2) is 0 Å². The Kier molecular flexibility index (Phi) is 5.95. The minimum atomic E-state index is 0. The number of fused-ring (bicyclic) bond motifs is 1. The second-order valence-electron chi connectivity index (χ2n) is 3.04. The molecule has 2 nitrogen and oxygen atoms in total. The Labute approximate surface area is 89.3 Å². The summed E-state index contributed by atoms with van der Waals surface area (Å²) in [5.74, 6) is 0. The zero-order valence-corrected chi connectivity index (χ0v) is 10.0. The molecular weight excluding hydrogens is 272 g/mol. The topological polar surface area (TPSA) is 15.3 Å². The first kappa shape index (κ1) is 11.9. The van der Waals surface area contributed by atoms with E-state index in [1.54, 1.807) is 0 Å². The molecular formula is C7H16Br2N2. The number of halogens is 2. The van der Waals surface area contributed by atoms with Crippen LogP contribution in [-0.2, 0) is 0 Å². The lowest BCUT2D eigenvalue weighted by atomic mass is 10.2. The molecule has 2 aliphatic heterocycles. The zero-order valence-electron chi connectivity index (χ0n) is 6.58. The summed E-state index contributed by atoms with van der Waals surface area (Å²) in [5.41, 5.74) is 0. The molecule has 0 aromatic carbocycles. The molecule has 0 aromatic rings. The predicted molar refractivity (Wildman–Crippen MR) is 58.1 cm³/mol. The van der Waals surface area contributed by atoms with Gasteiger partial charge < -0.3 is 5.32 Å². The highest BCUT2D eigenvalue weighted by Gasteiger charge is 2.25. The first-order valence-corrected chi connectivity index (χ1v) is 3.91. The Morgan fingerprint density at radius 2 is 2.00 bits per heavy atom. The normalized spacial score (nSPS) is 30.0. The summed E-state index contributed by atoms with van der Waals surface area (Å²) < 4.78 is 0. The molecule has 1 N–H and O–H groups in total. The summed E-state index contributed by atoms with van der Waals surface area (Å²) in [4.78, 5) is 2.61. The fourth-order valence-corrected chi connectivity index (χ4v) is 1.91. The van der Waals surface area contributed by atoms with Gasteiger partial charge in [0.1, 0.15) is 0 Å². The lowest BCUT2D eigenvalue weighted by Gasteiger charge is -2.29. The fourth-order valence-electron chi connectivity index (χ4n) is 1.91. The van der Waals surface area contributed by atoms with Crippen LogP contribution < -0.4 is 5.32 Å². The van der Waals surface area contributed by atoms with Crippen molar-refractivity contribution in [3.05, 3.63) is 0 Å². The number of nitrogens with zero attached hydrogens (tertiary/aromatic N) is 1. The van der Waals surface area contributed by atoms with Crippen LogP contribution in [0.15, 0.2) is 0 Å². The van der Waals surface area contributed by atoms with E-state index in [9.17, 15) is 0 Å². The Hall–Kier alpha value is 0.880. The van der Waals surface area contributed by atoms with Gasteiger partial charge in [0.05, 0.1) is 0 Å². The number of piperazine rings is 1. The first-order chi connectivity index (χ1) is 4.47. The molecule has 0 bridgehead atoms. The van der Waals surface area contributed by atoms with Gasteiger partial charge in [0.25, 0.3) is 0 Å². The second-order valence-corrected chi connectivity index (χ2v) is 3.04. The zero-order chi connectivity index (χ0) is 6.10. The van der Waals surface area contributed by atoms with E-state index in [-0.39, 0.29) is 34.0 Å². The van der Waals surface area contributed by atoms with Crippen LogP contribution in [0.4, 0.5) is 0 Å². The van der Waals surface area contributed by atoms with Gasteiger partial charge in [-0.1, -0.05) is 0 Å². The van der Waals surface area contributed by atoms with E-state index < -0.39 is 0 Å². The lowest BCUT2D eigenvalue weighted by Crippen LogP contribution is -2.47. The third kappa shape index (κ3) is 2.68. The Balaban J connectivity index is 0.000000500. The molecule has 1 atom stereocenters. The maximum atomic E-state index is 3.41. The molecule has 4 heteroatoms. The number of nitrogens with one attached hydrogen (secondary N) is 1. The minimum Gasteiger partial charge on any atom is -0.314 e. The molecule has 2 fully saturated rings. The van der Waals surface area contributed by atoms with Crippen LogP contribution in [0.3, 0.4) is 0 Å². The largest absolute Gasteiger partial charge is 0.314 e. The fraction of sp³-hybridized carbons (Fsp3) is 1.00. The van der Waals surface area contributed by atoms with Gasteiger partial charge in [-0.3, -0.25) is 4.90 Å². The van der Waals surface area contributed by atoms with Crippen molar-refractivity contribution in [3.63, 3.8) is 0 Å². The van der Waals surface area contributed by atoms with Crippen LogP contribution in [0.5, 0.6) is 0 Å². The molecule has 0 aliphatic carbocycles. The first-order valence-electron chi connectivity index (χ1n) is 3.91. The maximum absolute atomic E-state index is 3.41. The summed E-state index contributed by atoms with van der Waals surface area (Å²) in [6.45, 7) is 5.08. The van der Waals surface area contributed by atoms with Crippen LogP contribution in [0.2, 0.25) is 0 Å². The smallest absolute Gasteiger partial charge is 0.0221 e. The van der Waals surface area contributed by atoms with Crippen LogP contribution in [0, 0.1) is 0 Å². The number of hydrogen-bond acceptors (Lipinski definition) is 2.